The van der Waals surface area contributed by atoms with Gasteiger partial charge in [-0.2, -0.15) is 0 Å². The molecule has 0 saturated heterocycles. The molecule has 0 bridgehead atoms. The number of rotatable bonds is 4. The highest BCUT2D eigenvalue weighted by Gasteiger charge is 2.04. The molecule has 0 spiro atoms. The summed E-state index contributed by atoms with van der Waals surface area (Å²) in [5.74, 6) is 0. The van der Waals surface area contributed by atoms with Crippen molar-refractivity contribution in [1.29, 1.82) is 0 Å². The Kier molecular flexibility index (Phi) is 3.91. The molecule has 2 aromatic rings. The average molecular weight is 226 g/mol. The first-order valence-electron chi connectivity index (χ1n) is 5.92. The minimum Gasteiger partial charge on any atom is -0.330 e. The van der Waals surface area contributed by atoms with E-state index in [4.69, 9.17) is 11.5 Å². The molecule has 1 atom stereocenters. The van der Waals surface area contributed by atoms with E-state index in [1.54, 1.807) is 0 Å². The van der Waals surface area contributed by atoms with Gasteiger partial charge in [-0.05, 0) is 29.7 Å². The van der Waals surface area contributed by atoms with Crippen LogP contribution < -0.4 is 11.5 Å². The molecule has 0 aliphatic carbocycles. The molecule has 88 valence electrons. The highest BCUT2D eigenvalue weighted by Crippen LogP contribution is 2.21. The van der Waals surface area contributed by atoms with Crippen LogP contribution in [-0.4, -0.2) is 6.54 Å². The lowest BCUT2D eigenvalue weighted by Gasteiger charge is -2.11. The van der Waals surface area contributed by atoms with E-state index in [0.717, 1.165) is 12.0 Å². The minimum absolute atomic E-state index is 0.0461. The van der Waals surface area contributed by atoms with Crippen molar-refractivity contribution in [3.05, 3.63) is 60.2 Å². The summed E-state index contributed by atoms with van der Waals surface area (Å²) in [5.41, 5.74) is 15.1. The number of nitrogens with two attached hydrogens (primary N) is 2. The fraction of sp³-hybridized carbons (Fsp3) is 0.200. The lowest BCUT2D eigenvalue weighted by Crippen LogP contribution is -2.15. The molecule has 0 amide bonds. The summed E-state index contributed by atoms with van der Waals surface area (Å²) in [7, 11) is 0. The second kappa shape index (κ2) is 5.62. The molecule has 0 aliphatic rings. The van der Waals surface area contributed by atoms with Crippen molar-refractivity contribution in [3.63, 3.8) is 0 Å². The molecular weight excluding hydrogens is 208 g/mol. The van der Waals surface area contributed by atoms with E-state index in [-0.39, 0.29) is 6.04 Å². The van der Waals surface area contributed by atoms with Crippen LogP contribution in [0.25, 0.3) is 11.1 Å². The Hall–Kier alpha value is -1.64. The molecule has 0 radical (unpaired) electrons. The van der Waals surface area contributed by atoms with Crippen LogP contribution in [-0.2, 0) is 0 Å². The summed E-state index contributed by atoms with van der Waals surface area (Å²) in [6.45, 7) is 0.627. The first kappa shape index (κ1) is 11.8. The third kappa shape index (κ3) is 2.93. The van der Waals surface area contributed by atoms with Crippen LogP contribution in [0.15, 0.2) is 54.6 Å². The Bertz CT molecular complexity index is 448. The third-order valence-electron chi connectivity index (χ3n) is 2.92. The first-order chi connectivity index (χ1) is 8.31. The van der Waals surface area contributed by atoms with Gasteiger partial charge in [0, 0.05) is 6.04 Å². The number of hydrogen-bond donors (Lipinski definition) is 2. The Balaban J connectivity index is 2.19. The summed E-state index contributed by atoms with van der Waals surface area (Å²) in [6.07, 6.45) is 0.824. The van der Waals surface area contributed by atoms with Crippen LogP contribution in [0.5, 0.6) is 0 Å². The summed E-state index contributed by atoms with van der Waals surface area (Å²) >= 11 is 0. The van der Waals surface area contributed by atoms with E-state index in [0.29, 0.717) is 6.54 Å². The van der Waals surface area contributed by atoms with Crippen molar-refractivity contribution in [3.8, 4) is 11.1 Å². The lowest BCUT2D eigenvalue weighted by atomic mass is 10.00. The van der Waals surface area contributed by atoms with Gasteiger partial charge in [0.25, 0.3) is 0 Å². The van der Waals surface area contributed by atoms with Crippen molar-refractivity contribution in [1.82, 2.24) is 0 Å². The first-order valence-corrected chi connectivity index (χ1v) is 5.92. The number of benzene rings is 2. The van der Waals surface area contributed by atoms with E-state index in [2.05, 4.69) is 36.4 Å². The monoisotopic (exact) mass is 226 g/mol. The predicted molar refractivity (Wildman–Crippen MR) is 72.5 cm³/mol. The van der Waals surface area contributed by atoms with E-state index < -0.39 is 0 Å². The lowest BCUT2D eigenvalue weighted by molar-refractivity contribution is 0.661. The molecule has 2 rings (SSSR count). The third-order valence-corrected chi connectivity index (χ3v) is 2.92. The maximum Gasteiger partial charge on any atom is 0.0306 e. The molecule has 17 heavy (non-hydrogen) atoms. The maximum atomic E-state index is 6.01. The van der Waals surface area contributed by atoms with Crippen LogP contribution in [0.1, 0.15) is 18.0 Å². The van der Waals surface area contributed by atoms with Crippen molar-refractivity contribution in [2.45, 2.75) is 12.5 Å². The Morgan fingerprint density at radius 1 is 0.824 bits per heavy atom. The van der Waals surface area contributed by atoms with Crippen LogP contribution in [0, 0.1) is 0 Å². The fourth-order valence-electron chi connectivity index (χ4n) is 1.90. The highest BCUT2D eigenvalue weighted by atomic mass is 14.7. The Morgan fingerprint density at radius 2 is 1.41 bits per heavy atom. The maximum absolute atomic E-state index is 6.01. The van der Waals surface area contributed by atoms with Crippen molar-refractivity contribution < 1.29 is 0 Å². The molecule has 0 fully saturated rings. The quantitative estimate of drug-likeness (QED) is 0.842. The van der Waals surface area contributed by atoms with Gasteiger partial charge in [-0.1, -0.05) is 54.6 Å². The zero-order chi connectivity index (χ0) is 12.1. The Morgan fingerprint density at radius 3 is 2.00 bits per heavy atom. The second-order valence-corrected chi connectivity index (χ2v) is 4.17. The number of hydrogen-bond acceptors (Lipinski definition) is 2. The van der Waals surface area contributed by atoms with Crippen molar-refractivity contribution >= 4 is 0 Å². The van der Waals surface area contributed by atoms with E-state index in [1.807, 2.05) is 18.2 Å². The van der Waals surface area contributed by atoms with Crippen molar-refractivity contribution in [2.75, 3.05) is 6.54 Å². The zero-order valence-electron chi connectivity index (χ0n) is 9.84. The van der Waals surface area contributed by atoms with Gasteiger partial charge >= 0.3 is 0 Å². The van der Waals surface area contributed by atoms with Crippen LogP contribution in [0.3, 0.4) is 0 Å². The van der Waals surface area contributed by atoms with E-state index >= 15 is 0 Å². The molecule has 0 unspecified atom stereocenters. The molecule has 0 heterocycles. The molecular formula is C15H18N2. The van der Waals surface area contributed by atoms with Crippen LogP contribution >= 0.6 is 0 Å². The molecule has 0 aliphatic heterocycles. The molecule has 2 aromatic carbocycles. The van der Waals surface area contributed by atoms with Gasteiger partial charge in [0.05, 0.1) is 0 Å². The molecule has 2 nitrogen and oxygen atoms in total. The van der Waals surface area contributed by atoms with Gasteiger partial charge in [-0.3, -0.25) is 0 Å². The summed E-state index contributed by atoms with van der Waals surface area (Å²) in [5, 5.41) is 0. The second-order valence-electron chi connectivity index (χ2n) is 4.17. The van der Waals surface area contributed by atoms with Crippen molar-refractivity contribution in [2.24, 2.45) is 11.5 Å². The van der Waals surface area contributed by atoms with Gasteiger partial charge in [0.2, 0.25) is 0 Å². The topological polar surface area (TPSA) is 52.0 Å². The smallest absolute Gasteiger partial charge is 0.0306 e. The van der Waals surface area contributed by atoms with Gasteiger partial charge in [0.15, 0.2) is 0 Å². The normalized spacial score (nSPS) is 12.4. The van der Waals surface area contributed by atoms with Gasteiger partial charge in [-0.25, -0.2) is 0 Å². The van der Waals surface area contributed by atoms with Gasteiger partial charge < -0.3 is 11.5 Å². The molecule has 2 heteroatoms. The Labute approximate surface area is 102 Å². The molecule has 0 saturated carbocycles. The van der Waals surface area contributed by atoms with Crippen LogP contribution in [0.2, 0.25) is 0 Å². The average Bonchev–Trinajstić information content (AvgIpc) is 2.40. The summed E-state index contributed by atoms with van der Waals surface area (Å²) in [4.78, 5) is 0. The fourth-order valence-corrected chi connectivity index (χ4v) is 1.90. The molecule has 0 aromatic heterocycles. The summed E-state index contributed by atoms with van der Waals surface area (Å²) < 4.78 is 0. The molecule has 4 N–H and O–H groups in total. The standard InChI is InChI=1S/C15H18N2/c16-11-10-15(17)14-8-6-13(7-9-14)12-4-2-1-3-5-12/h1-9,15H,10-11,16-17H2/t15-/m0/s1. The van der Waals surface area contributed by atoms with Gasteiger partial charge in [0.1, 0.15) is 0 Å². The van der Waals surface area contributed by atoms with E-state index in [1.165, 1.54) is 11.1 Å². The minimum atomic E-state index is 0.0461. The van der Waals surface area contributed by atoms with Gasteiger partial charge in [-0.15, -0.1) is 0 Å². The van der Waals surface area contributed by atoms with Crippen LogP contribution in [0.4, 0.5) is 0 Å². The van der Waals surface area contributed by atoms with E-state index in [9.17, 15) is 0 Å². The highest BCUT2D eigenvalue weighted by molar-refractivity contribution is 5.63. The summed E-state index contributed by atoms with van der Waals surface area (Å²) in [6, 6.07) is 18.8. The largest absolute Gasteiger partial charge is 0.330 e. The zero-order valence-corrected chi connectivity index (χ0v) is 9.84. The predicted octanol–water partition coefficient (Wildman–Crippen LogP) is 2.70. The SMILES string of the molecule is NCC[C@H](N)c1ccc(-c2ccccc2)cc1.